The van der Waals surface area contributed by atoms with E-state index in [2.05, 4.69) is 46.9 Å². The molecule has 138 valence electrons. The van der Waals surface area contributed by atoms with E-state index in [4.69, 9.17) is 0 Å². The van der Waals surface area contributed by atoms with Crippen LogP contribution in [0.2, 0.25) is 0 Å². The average molecular weight is 316 g/mol. The molecule has 0 aromatic heterocycles. The van der Waals surface area contributed by atoms with E-state index in [9.17, 15) is 0 Å². The molecule has 0 spiro atoms. The van der Waals surface area contributed by atoms with Crippen molar-refractivity contribution in [3.8, 4) is 0 Å². The minimum absolute atomic E-state index is 0.865. The second kappa shape index (κ2) is 21.0. The highest BCUT2D eigenvalue weighted by atomic mass is 14.7. The van der Waals surface area contributed by atoms with Gasteiger partial charge in [-0.3, -0.25) is 0 Å². The van der Waals surface area contributed by atoms with Crippen LogP contribution in [0.5, 0.6) is 0 Å². The Kier molecular flexibility index (Phi) is 25.6. The van der Waals surface area contributed by atoms with Crippen molar-refractivity contribution >= 4 is 0 Å². The summed E-state index contributed by atoms with van der Waals surface area (Å²) in [6.07, 6.45) is 10.1. The maximum atomic E-state index is 2.75. The van der Waals surface area contributed by atoms with Gasteiger partial charge < -0.3 is 5.32 Å². The molecule has 1 aliphatic rings. The molecule has 2 atom stereocenters. The fourth-order valence-electron chi connectivity index (χ4n) is 2.68. The summed E-state index contributed by atoms with van der Waals surface area (Å²) in [5.74, 6) is 3.71. The van der Waals surface area contributed by atoms with E-state index < -0.39 is 0 Å². The van der Waals surface area contributed by atoms with Gasteiger partial charge in [0.2, 0.25) is 0 Å². The molecule has 1 heteroatoms. The Balaban J connectivity index is -0.000000261. The lowest BCUT2D eigenvalue weighted by Crippen LogP contribution is -2.09. The van der Waals surface area contributed by atoms with E-state index in [1.807, 2.05) is 27.9 Å². The second-order valence-electron chi connectivity index (χ2n) is 7.24. The minimum Gasteiger partial charge on any atom is -0.323 e. The van der Waals surface area contributed by atoms with Crippen LogP contribution in [-0.4, -0.2) is 14.1 Å². The highest BCUT2D eigenvalue weighted by molar-refractivity contribution is 4.61. The zero-order chi connectivity index (χ0) is 18.0. The van der Waals surface area contributed by atoms with E-state index in [-0.39, 0.29) is 0 Å². The molecular weight excluding hydrogens is 266 g/mol. The Bertz CT molecular complexity index is 171. The van der Waals surface area contributed by atoms with Crippen molar-refractivity contribution in [1.29, 1.82) is 0 Å². The average Bonchev–Trinajstić information content (AvgIpc) is 2.50. The third-order valence-electron chi connectivity index (χ3n) is 4.35. The highest BCUT2D eigenvalue weighted by Crippen LogP contribution is 2.22. The van der Waals surface area contributed by atoms with Crippen molar-refractivity contribution < 1.29 is 0 Å². The first-order valence-corrected chi connectivity index (χ1v) is 9.97. The molecule has 1 aliphatic carbocycles. The van der Waals surface area contributed by atoms with Crippen LogP contribution in [0.15, 0.2) is 0 Å². The maximum Gasteiger partial charge on any atom is -0.0167 e. The molecule has 2 unspecified atom stereocenters. The van der Waals surface area contributed by atoms with E-state index in [0.717, 1.165) is 23.7 Å². The van der Waals surface area contributed by atoms with Crippen molar-refractivity contribution in [1.82, 2.24) is 5.32 Å². The van der Waals surface area contributed by atoms with Crippen molar-refractivity contribution in [2.24, 2.45) is 23.7 Å². The van der Waals surface area contributed by atoms with Gasteiger partial charge in [0.15, 0.2) is 0 Å². The van der Waals surface area contributed by atoms with E-state index in [0.29, 0.717) is 0 Å². The van der Waals surface area contributed by atoms with Crippen molar-refractivity contribution in [2.45, 2.75) is 100 Å². The summed E-state index contributed by atoms with van der Waals surface area (Å²) in [5.41, 5.74) is 0. The normalized spacial score (nSPS) is 17.0. The van der Waals surface area contributed by atoms with Crippen LogP contribution >= 0.6 is 0 Å². The van der Waals surface area contributed by atoms with Gasteiger partial charge in [-0.15, -0.1) is 0 Å². The Labute approximate surface area is 144 Å². The molecule has 0 aromatic rings. The van der Waals surface area contributed by atoms with Gasteiger partial charge in [-0.2, -0.15) is 0 Å². The van der Waals surface area contributed by atoms with Crippen molar-refractivity contribution in [2.75, 3.05) is 14.1 Å². The molecule has 1 N–H and O–H groups in total. The van der Waals surface area contributed by atoms with Crippen LogP contribution < -0.4 is 5.32 Å². The monoisotopic (exact) mass is 315 g/mol. The van der Waals surface area contributed by atoms with Gasteiger partial charge in [-0.1, -0.05) is 93.9 Å². The SMILES string of the molecule is CC.CC1CCCCC1.CCC(C)C(C)CC(C)C.CNC. The summed E-state index contributed by atoms with van der Waals surface area (Å²) >= 11 is 0. The van der Waals surface area contributed by atoms with Gasteiger partial charge in [-0.05, 0) is 44.2 Å². The quantitative estimate of drug-likeness (QED) is 0.580. The Morgan fingerprint density at radius 1 is 0.864 bits per heavy atom. The molecule has 1 saturated carbocycles. The predicted octanol–water partition coefficient (Wildman–Crippen LogP) is 7.16. The van der Waals surface area contributed by atoms with Crippen LogP contribution in [0.3, 0.4) is 0 Å². The molecule has 0 heterocycles. The summed E-state index contributed by atoms with van der Waals surface area (Å²) in [6.45, 7) is 18.0. The van der Waals surface area contributed by atoms with Gasteiger partial charge in [0.1, 0.15) is 0 Å². The molecule has 0 amide bonds. The lowest BCUT2D eigenvalue weighted by atomic mass is 9.87. The summed E-state index contributed by atoms with van der Waals surface area (Å²) in [4.78, 5) is 0. The Hall–Kier alpha value is -0.0400. The Morgan fingerprint density at radius 3 is 1.50 bits per heavy atom. The molecule has 22 heavy (non-hydrogen) atoms. The Morgan fingerprint density at radius 2 is 1.27 bits per heavy atom. The number of hydrogen-bond acceptors (Lipinski definition) is 1. The van der Waals surface area contributed by atoms with Crippen molar-refractivity contribution in [3.63, 3.8) is 0 Å². The molecule has 1 nitrogen and oxygen atoms in total. The topological polar surface area (TPSA) is 12.0 Å². The standard InChI is InChI=1S/C10H22.C7H14.C2H7N.C2H6/c1-6-9(4)10(5)7-8(2)3;1-7-5-3-2-4-6-7;1-3-2;1-2/h8-10H,6-7H2,1-5H3;7H,2-6H2,1H3;3H,1-2H3;1-2H3. The van der Waals surface area contributed by atoms with Gasteiger partial charge in [-0.25, -0.2) is 0 Å². The third-order valence-corrected chi connectivity index (χ3v) is 4.35. The second-order valence-corrected chi connectivity index (χ2v) is 7.24. The van der Waals surface area contributed by atoms with Crippen molar-refractivity contribution in [3.05, 3.63) is 0 Å². The van der Waals surface area contributed by atoms with Crippen LogP contribution in [0.25, 0.3) is 0 Å². The summed E-state index contributed by atoms with van der Waals surface area (Å²) in [7, 11) is 3.75. The largest absolute Gasteiger partial charge is 0.323 e. The molecule has 1 rings (SSSR count). The molecule has 0 bridgehead atoms. The highest BCUT2D eigenvalue weighted by Gasteiger charge is 2.10. The zero-order valence-electron chi connectivity index (χ0n) is 17.8. The predicted molar refractivity (Wildman–Crippen MR) is 107 cm³/mol. The first kappa shape index (κ1) is 26.8. The summed E-state index contributed by atoms with van der Waals surface area (Å²) in [5, 5.41) is 2.75. The molecule has 0 aliphatic heterocycles. The summed E-state index contributed by atoms with van der Waals surface area (Å²) < 4.78 is 0. The maximum absolute atomic E-state index is 2.75. The van der Waals surface area contributed by atoms with Crippen LogP contribution in [0, 0.1) is 23.7 Å². The van der Waals surface area contributed by atoms with Crippen LogP contribution in [0.1, 0.15) is 100 Å². The first-order chi connectivity index (χ1) is 10.4. The van der Waals surface area contributed by atoms with Gasteiger partial charge >= 0.3 is 0 Å². The van der Waals surface area contributed by atoms with Crippen LogP contribution in [0.4, 0.5) is 0 Å². The summed E-state index contributed by atoms with van der Waals surface area (Å²) in [6, 6.07) is 0. The molecule has 0 radical (unpaired) electrons. The number of nitrogens with one attached hydrogen (secondary N) is 1. The number of rotatable bonds is 4. The first-order valence-electron chi connectivity index (χ1n) is 9.97. The zero-order valence-corrected chi connectivity index (χ0v) is 17.8. The van der Waals surface area contributed by atoms with E-state index in [1.54, 1.807) is 0 Å². The molecule has 0 saturated heterocycles. The third kappa shape index (κ3) is 22.2. The van der Waals surface area contributed by atoms with Gasteiger partial charge in [0, 0.05) is 0 Å². The lowest BCUT2D eigenvalue weighted by molar-refractivity contribution is 0.316. The van der Waals surface area contributed by atoms with Gasteiger partial charge in [0.05, 0.1) is 0 Å². The minimum atomic E-state index is 0.865. The lowest BCUT2D eigenvalue weighted by Gasteiger charge is -2.19. The smallest absolute Gasteiger partial charge is 0.0167 e. The molecule has 0 aromatic carbocycles. The fraction of sp³-hybridized carbons (Fsp3) is 1.00. The van der Waals surface area contributed by atoms with E-state index in [1.165, 1.54) is 44.9 Å². The van der Waals surface area contributed by atoms with Gasteiger partial charge in [0.25, 0.3) is 0 Å². The molecule has 1 fully saturated rings. The van der Waals surface area contributed by atoms with E-state index >= 15 is 0 Å². The van der Waals surface area contributed by atoms with Crippen LogP contribution in [-0.2, 0) is 0 Å². The number of hydrogen-bond donors (Lipinski definition) is 1. The fourth-order valence-corrected chi connectivity index (χ4v) is 2.68. The molecular formula is C21H49N.